The third-order valence-electron chi connectivity index (χ3n) is 3.81. The van der Waals surface area contributed by atoms with Gasteiger partial charge in [-0.1, -0.05) is 78.6 Å². The number of halogens is 1. The van der Waals surface area contributed by atoms with Crippen molar-refractivity contribution in [2.45, 2.75) is 78.6 Å². The average Bonchev–Trinajstić information content (AvgIpc) is 3.36. The molecule has 0 bridgehead atoms. The van der Waals surface area contributed by atoms with Crippen molar-refractivity contribution in [2.75, 3.05) is 0 Å². The molecule has 0 aromatic heterocycles. The molecule has 0 atom stereocenters. The Labute approximate surface area is 241 Å². The molecule has 188 valence electrons. The van der Waals surface area contributed by atoms with Crippen LogP contribution in [0.3, 0.4) is 0 Å². The van der Waals surface area contributed by atoms with E-state index < -0.39 is 32.3 Å². The Morgan fingerprint density at radius 1 is 0.636 bits per heavy atom. The van der Waals surface area contributed by atoms with Gasteiger partial charge in [0, 0.05) is 0 Å². The molecular weight excluding hydrogens is 616 g/mol. The number of hydrogen-bond acceptors (Lipinski definition) is 0. The molecule has 0 saturated carbocycles. The minimum Gasteiger partial charge on any atom is 2.00 e. The van der Waals surface area contributed by atoms with Crippen molar-refractivity contribution in [3.05, 3.63) is 61.4 Å². The second kappa shape index (κ2) is 19.6. The zero-order valence-corrected chi connectivity index (χ0v) is 30.9. The second-order valence-electron chi connectivity index (χ2n) is 11.6. The Hall–Kier alpha value is 0.401. The first kappa shape index (κ1) is 40.6. The van der Waals surface area contributed by atoms with E-state index in [2.05, 4.69) is 166 Å². The Morgan fingerprint density at radius 2 is 0.848 bits per heavy atom. The van der Waals surface area contributed by atoms with Gasteiger partial charge in [0.15, 0.2) is 0 Å². The maximum absolute atomic E-state index is 6.67. The van der Waals surface area contributed by atoms with E-state index in [1.165, 1.54) is 0 Å². The van der Waals surface area contributed by atoms with Crippen LogP contribution in [-0.2, 0) is 35.9 Å². The van der Waals surface area contributed by atoms with Gasteiger partial charge in [0.05, 0.1) is 32.3 Å². The normalized spacial score (nSPS) is 10.5. The SMILES string of the molecule is C[Si](C)(C)c1ccc[cH-]1.C[Si](C)(C)c1ccc[cH-]1.[C-]#C[Si](C)(C)C.[C-]#C[Si](C)(C)C.[Cu][Br].[Ti+2]. The molecule has 33 heavy (non-hydrogen) atoms. The van der Waals surface area contributed by atoms with Gasteiger partial charge in [-0.15, -0.1) is 0 Å². The summed E-state index contributed by atoms with van der Waals surface area (Å²) in [6.45, 7) is 26.7. The van der Waals surface area contributed by atoms with Crippen molar-refractivity contribution in [3.63, 3.8) is 0 Å². The van der Waals surface area contributed by atoms with E-state index in [-0.39, 0.29) is 21.7 Å². The predicted octanol–water partition coefficient (Wildman–Crippen LogP) is 7.65. The minimum atomic E-state index is -1.21. The van der Waals surface area contributed by atoms with E-state index in [9.17, 15) is 0 Å². The van der Waals surface area contributed by atoms with Crippen LogP contribution in [0.15, 0.2) is 48.5 Å². The maximum Gasteiger partial charge on any atom is 2.00 e. The van der Waals surface area contributed by atoms with Gasteiger partial charge >= 0.3 is 50.0 Å². The molecule has 0 aliphatic rings. The summed E-state index contributed by atoms with van der Waals surface area (Å²) in [5.74, 6) is 0. The van der Waals surface area contributed by atoms with Crippen LogP contribution < -0.4 is 10.4 Å². The molecule has 0 unspecified atom stereocenters. The summed E-state index contributed by atoms with van der Waals surface area (Å²) in [5, 5.41) is 3.12. The molecule has 0 radical (unpaired) electrons. The fourth-order valence-electron chi connectivity index (χ4n) is 1.75. The van der Waals surface area contributed by atoms with Gasteiger partial charge in [-0.25, -0.2) is 24.3 Å². The molecule has 2 aromatic carbocycles. The molecule has 2 aromatic rings. The molecule has 0 aliphatic carbocycles. The Balaban J connectivity index is -0.000000167. The van der Waals surface area contributed by atoms with Crippen LogP contribution in [0, 0.1) is 23.9 Å². The monoisotopic (exact) mass is 658 g/mol. The van der Waals surface area contributed by atoms with Gasteiger partial charge in [-0.2, -0.15) is 34.6 Å². The molecule has 0 amide bonds. The quantitative estimate of drug-likeness (QED) is 0.177. The van der Waals surface area contributed by atoms with Crippen LogP contribution in [0.1, 0.15) is 0 Å². The smallest absolute Gasteiger partial charge is 2.00 e. The fourth-order valence-corrected chi connectivity index (χ4v) is 4.13. The molecule has 0 saturated heterocycles. The average molecular weight is 660 g/mol. The molecule has 0 nitrogen and oxygen atoms in total. The van der Waals surface area contributed by atoms with Crippen LogP contribution in [0.4, 0.5) is 0 Å². The van der Waals surface area contributed by atoms with Gasteiger partial charge < -0.3 is 23.9 Å². The summed E-state index contributed by atoms with van der Waals surface area (Å²) in [6, 6.07) is 17.4. The van der Waals surface area contributed by atoms with Crippen molar-refractivity contribution in [3.8, 4) is 11.1 Å². The maximum atomic E-state index is 6.67. The number of rotatable bonds is 2. The molecule has 0 spiro atoms. The third-order valence-corrected chi connectivity index (χ3v) is 9.44. The topological polar surface area (TPSA) is 0 Å². The molecular formula is C26H44BrCuSi4Ti-2. The second-order valence-corrected chi connectivity index (χ2v) is 31.3. The Kier molecular flexibility index (Phi) is 24.1. The van der Waals surface area contributed by atoms with E-state index in [0.717, 1.165) is 0 Å². The van der Waals surface area contributed by atoms with Crippen molar-refractivity contribution < 1.29 is 35.9 Å². The first-order chi connectivity index (χ1) is 14.3. The van der Waals surface area contributed by atoms with Gasteiger partial charge in [0.1, 0.15) is 0 Å². The zero-order chi connectivity index (χ0) is 26.2. The van der Waals surface area contributed by atoms with Crippen LogP contribution in [0.2, 0.25) is 78.6 Å². The van der Waals surface area contributed by atoms with Gasteiger partial charge in [0.2, 0.25) is 0 Å². The van der Waals surface area contributed by atoms with Gasteiger partial charge in [-0.3, -0.25) is 0 Å². The van der Waals surface area contributed by atoms with Crippen LogP contribution in [0.25, 0.3) is 0 Å². The van der Waals surface area contributed by atoms with Gasteiger partial charge in [-0.05, 0) is 0 Å². The number of hydrogen-bond donors (Lipinski definition) is 0. The summed E-state index contributed by atoms with van der Waals surface area (Å²) in [7, 11) is -4.39. The van der Waals surface area contributed by atoms with E-state index in [1.54, 1.807) is 10.4 Å². The largest absolute Gasteiger partial charge is 2.00 e. The standard InChI is InChI=1S/2C8H13Si.2C5H9Si.BrH.Cu.Ti/c2*1-9(2,3)8-6-4-5-7-8;2*1-5-6(2,3)4;;;/h2*4-7H,1-3H3;2*2-4H3;1H;;/q4*-1;;+1;+2/p-1. The minimum absolute atomic E-state index is 0. The summed E-state index contributed by atoms with van der Waals surface area (Å²) >= 11 is 6.50. The van der Waals surface area contributed by atoms with E-state index >= 15 is 0 Å². The first-order valence-corrected chi connectivity index (χ1v) is 27.1. The fraction of sp³-hybridized carbons (Fsp3) is 0.462. The van der Waals surface area contributed by atoms with E-state index in [1.807, 2.05) is 0 Å². The van der Waals surface area contributed by atoms with Crippen LogP contribution >= 0.6 is 14.1 Å². The zero-order valence-electron chi connectivity index (χ0n) is 22.8. The van der Waals surface area contributed by atoms with Gasteiger partial charge in [0.25, 0.3) is 0 Å². The Bertz CT molecular complexity index is 691. The summed E-state index contributed by atoms with van der Waals surface area (Å²) in [6.07, 6.45) is 13.3. The summed E-state index contributed by atoms with van der Waals surface area (Å²) in [5.41, 5.74) is 4.99. The van der Waals surface area contributed by atoms with Crippen molar-refractivity contribution in [1.82, 2.24) is 0 Å². The molecule has 0 aliphatic heterocycles. The molecule has 0 heterocycles. The van der Waals surface area contributed by atoms with E-state index in [4.69, 9.17) is 12.8 Å². The molecule has 0 N–H and O–H groups in total. The Morgan fingerprint density at radius 3 is 0.909 bits per heavy atom. The molecule has 7 heteroatoms. The summed E-state index contributed by atoms with van der Waals surface area (Å²) in [4.78, 5) is 0. The van der Waals surface area contributed by atoms with Crippen LogP contribution in [-0.4, -0.2) is 32.3 Å². The van der Waals surface area contributed by atoms with Crippen molar-refractivity contribution in [2.24, 2.45) is 0 Å². The third kappa shape index (κ3) is 28.5. The van der Waals surface area contributed by atoms with Crippen molar-refractivity contribution >= 4 is 56.8 Å². The molecule has 0 fully saturated rings. The van der Waals surface area contributed by atoms with E-state index in [0.29, 0.717) is 0 Å². The summed E-state index contributed by atoms with van der Waals surface area (Å²) < 4.78 is 0. The predicted molar refractivity (Wildman–Crippen MR) is 160 cm³/mol. The first-order valence-electron chi connectivity index (χ1n) is 10.8. The van der Waals surface area contributed by atoms with Crippen LogP contribution in [0.5, 0.6) is 0 Å². The molecule has 2 rings (SSSR count). The van der Waals surface area contributed by atoms with Crippen molar-refractivity contribution in [1.29, 1.82) is 0 Å².